The number of esters is 1. The second-order valence-corrected chi connectivity index (χ2v) is 13.0. The molecule has 0 aliphatic carbocycles. The highest BCUT2D eigenvalue weighted by atomic mass is 35.5. The van der Waals surface area contributed by atoms with Gasteiger partial charge < -0.3 is 14.0 Å². The number of hydrogen-bond acceptors (Lipinski definition) is 6. The van der Waals surface area contributed by atoms with E-state index in [1.807, 2.05) is 103 Å². The molecular formula is C38H29Cl2N3O4S. The Morgan fingerprint density at radius 3 is 2.54 bits per heavy atom. The lowest BCUT2D eigenvalue weighted by molar-refractivity contribution is -0.138. The molecule has 240 valence electrons. The Morgan fingerprint density at radius 1 is 0.979 bits per heavy atom. The number of carbonyl (C=O) groups excluding carboxylic acids is 1. The second kappa shape index (κ2) is 13.3. The molecule has 3 heterocycles. The predicted octanol–water partition coefficient (Wildman–Crippen LogP) is 7.25. The summed E-state index contributed by atoms with van der Waals surface area (Å²) in [5.41, 5.74) is 4.71. The average Bonchev–Trinajstić information content (AvgIpc) is 3.61. The quantitative estimate of drug-likeness (QED) is 0.157. The summed E-state index contributed by atoms with van der Waals surface area (Å²) in [4.78, 5) is 33.7. The van der Waals surface area contributed by atoms with Gasteiger partial charge in [0.1, 0.15) is 5.75 Å². The number of nitrogens with zero attached hydrogens (tertiary/aromatic N) is 3. The normalized spacial score (nSPS) is 14.6. The summed E-state index contributed by atoms with van der Waals surface area (Å²) < 4.78 is 15.3. The van der Waals surface area contributed by atoms with Gasteiger partial charge >= 0.3 is 5.97 Å². The van der Waals surface area contributed by atoms with Crippen LogP contribution in [0.2, 0.25) is 10.0 Å². The molecule has 0 unspecified atom stereocenters. The molecule has 0 spiro atoms. The van der Waals surface area contributed by atoms with Crippen molar-refractivity contribution in [2.75, 3.05) is 13.7 Å². The highest BCUT2D eigenvalue weighted by Crippen LogP contribution is 2.36. The number of thiazole rings is 1. The number of fused-ring (bicyclic) bond motifs is 2. The Kier molecular flexibility index (Phi) is 8.79. The number of methoxy groups -OCH3 is 1. The van der Waals surface area contributed by atoms with Crippen molar-refractivity contribution in [1.29, 1.82) is 0 Å². The van der Waals surface area contributed by atoms with Gasteiger partial charge in [-0.25, -0.2) is 9.79 Å². The van der Waals surface area contributed by atoms with Crippen molar-refractivity contribution in [1.82, 2.24) is 9.13 Å². The molecule has 0 saturated heterocycles. The third-order valence-corrected chi connectivity index (χ3v) is 9.81. The maximum atomic E-state index is 14.5. The van der Waals surface area contributed by atoms with Crippen LogP contribution in [0.4, 0.5) is 0 Å². The topological polar surface area (TPSA) is 74.8 Å². The Balaban J connectivity index is 1.45. The minimum absolute atomic E-state index is 0.172. The van der Waals surface area contributed by atoms with Crippen molar-refractivity contribution < 1.29 is 14.3 Å². The van der Waals surface area contributed by atoms with Crippen LogP contribution in [0.3, 0.4) is 0 Å². The highest BCUT2D eigenvalue weighted by molar-refractivity contribution is 7.07. The first-order valence-electron chi connectivity index (χ1n) is 15.3. The van der Waals surface area contributed by atoms with Crippen LogP contribution in [0.15, 0.2) is 119 Å². The van der Waals surface area contributed by atoms with Gasteiger partial charge in [0.05, 0.1) is 35.6 Å². The fourth-order valence-electron chi connectivity index (χ4n) is 6.06. The molecular weight excluding hydrogens is 665 g/mol. The lowest BCUT2D eigenvalue weighted by Crippen LogP contribution is -2.40. The summed E-state index contributed by atoms with van der Waals surface area (Å²) in [6.07, 6.45) is 3.91. The molecule has 0 fully saturated rings. The van der Waals surface area contributed by atoms with Crippen molar-refractivity contribution in [2.24, 2.45) is 4.99 Å². The zero-order valence-electron chi connectivity index (χ0n) is 26.0. The smallest absolute Gasteiger partial charge is 0.338 e. The Labute approximate surface area is 290 Å². The van der Waals surface area contributed by atoms with Crippen molar-refractivity contribution in [3.8, 4) is 5.75 Å². The van der Waals surface area contributed by atoms with Crippen LogP contribution in [-0.2, 0) is 16.1 Å². The molecule has 1 aliphatic rings. The van der Waals surface area contributed by atoms with Gasteiger partial charge in [0.2, 0.25) is 0 Å². The van der Waals surface area contributed by atoms with E-state index in [1.165, 1.54) is 11.3 Å². The molecule has 0 bridgehead atoms. The number of carbonyl (C=O) groups is 1. The molecule has 0 saturated carbocycles. The summed E-state index contributed by atoms with van der Waals surface area (Å²) in [5.74, 6) is 0.0656. The molecule has 6 aromatic rings. The van der Waals surface area contributed by atoms with Gasteiger partial charge in [0, 0.05) is 44.8 Å². The first kappa shape index (κ1) is 31.7. The van der Waals surface area contributed by atoms with Crippen molar-refractivity contribution >= 4 is 63.2 Å². The van der Waals surface area contributed by atoms with E-state index < -0.39 is 12.0 Å². The number of hydrogen-bond donors (Lipinski definition) is 0. The van der Waals surface area contributed by atoms with E-state index >= 15 is 0 Å². The Bertz CT molecular complexity index is 2410. The SMILES string of the molecule is CCOC(=O)C1=C(c2ccccc2)N=c2s/c(=C\c3cn(Cc4ccc(Cl)cc4Cl)c4ccccc34)c(=O)n2[C@@H]1c1cccc(OC)c1. The standard InChI is InChI=1S/C38H29Cl2N3O4S/c1-3-47-37(45)33-34(23-10-5-4-6-11-23)41-38-43(35(33)24-12-9-13-28(18-24)46-2)36(44)32(48-38)19-26-22-42(31-15-8-7-14-29(26)31)21-25-16-17-27(39)20-30(25)40/h4-20,22,35H,3,21H2,1-2H3/b32-19-/t35-/m1/s1. The lowest BCUT2D eigenvalue weighted by Gasteiger charge is -2.26. The van der Waals surface area contributed by atoms with E-state index in [-0.39, 0.29) is 17.7 Å². The van der Waals surface area contributed by atoms with E-state index in [9.17, 15) is 9.59 Å². The van der Waals surface area contributed by atoms with Crippen LogP contribution >= 0.6 is 34.5 Å². The van der Waals surface area contributed by atoms with Crippen molar-refractivity contribution in [3.63, 3.8) is 0 Å². The summed E-state index contributed by atoms with van der Waals surface area (Å²) in [6, 6.07) is 29.6. The van der Waals surface area contributed by atoms with Crippen molar-refractivity contribution in [2.45, 2.75) is 19.5 Å². The highest BCUT2D eigenvalue weighted by Gasteiger charge is 2.35. The molecule has 2 aromatic heterocycles. The molecule has 0 N–H and O–H groups in total. The third kappa shape index (κ3) is 5.87. The van der Waals surface area contributed by atoms with Crippen LogP contribution in [0.5, 0.6) is 5.75 Å². The minimum atomic E-state index is -0.804. The van der Waals surface area contributed by atoms with Gasteiger partial charge in [0.15, 0.2) is 4.80 Å². The van der Waals surface area contributed by atoms with Gasteiger partial charge in [-0.05, 0) is 54.5 Å². The van der Waals surface area contributed by atoms with Crippen LogP contribution in [0.1, 0.15) is 35.2 Å². The third-order valence-electron chi connectivity index (χ3n) is 8.25. The van der Waals surface area contributed by atoms with Crippen LogP contribution in [0, 0.1) is 0 Å². The first-order chi connectivity index (χ1) is 23.4. The summed E-state index contributed by atoms with van der Waals surface area (Å²) in [5, 5.41) is 2.14. The van der Waals surface area contributed by atoms with Gasteiger partial charge in [-0.1, -0.05) is 101 Å². The van der Waals surface area contributed by atoms with E-state index in [0.717, 1.165) is 27.6 Å². The number of aromatic nitrogens is 2. The van der Waals surface area contributed by atoms with E-state index in [4.69, 9.17) is 37.7 Å². The number of rotatable bonds is 8. The summed E-state index contributed by atoms with van der Waals surface area (Å²) in [7, 11) is 1.58. The molecule has 7 rings (SSSR count). The monoisotopic (exact) mass is 693 g/mol. The summed E-state index contributed by atoms with van der Waals surface area (Å²) in [6.45, 7) is 2.45. The molecule has 0 amide bonds. The zero-order valence-corrected chi connectivity index (χ0v) is 28.4. The van der Waals surface area contributed by atoms with Crippen molar-refractivity contribution in [3.05, 3.63) is 161 Å². The van der Waals surface area contributed by atoms with E-state index in [1.54, 1.807) is 24.7 Å². The number of halogens is 2. The molecule has 1 aliphatic heterocycles. The average molecular weight is 695 g/mol. The molecule has 1 atom stereocenters. The van der Waals surface area contributed by atoms with E-state index in [0.29, 0.717) is 42.9 Å². The zero-order chi connectivity index (χ0) is 33.4. The Morgan fingerprint density at radius 2 is 1.77 bits per heavy atom. The predicted molar refractivity (Wildman–Crippen MR) is 192 cm³/mol. The van der Waals surface area contributed by atoms with Crippen LogP contribution < -0.4 is 19.6 Å². The molecule has 4 aromatic carbocycles. The van der Waals surface area contributed by atoms with E-state index in [2.05, 4.69) is 4.57 Å². The van der Waals surface area contributed by atoms with Gasteiger partial charge in [-0.3, -0.25) is 9.36 Å². The number of para-hydroxylation sites is 1. The van der Waals surface area contributed by atoms with Crippen LogP contribution in [-0.4, -0.2) is 28.8 Å². The fraction of sp³-hybridized carbons (Fsp3) is 0.132. The van der Waals surface area contributed by atoms with Gasteiger partial charge in [0.25, 0.3) is 5.56 Å². The Hall–Kier alpha value is -4.89. The maximum absolute atomic E-state index is 14.5. The molecule has 7 nitrogen and oxygen atoms in total. The fourth-order valence-corrected chi connectivity index (χ4v) is 7.52. The summed E-state index contributed by atoms with van der Waals surface area (Å²) >= 11 is 14.0. The van der Waals surface area contributed by atoms with Gasteiger partial charge in [-0.15, -0.1) is 0 Å². The largest absolute Gasteiger partial charge is 0.497 e. The molecule has 48 heavy (non-hydrogen) atoms. The second-order valence-electron chi connectivity index (χ2n) is 11.2. The lowest BCUT2D eigenvalue weighted by atomic mass is 9.93. The number of benzene rings is 4. The first-order valence-corrected chi connectivity index (χ1v) is 16.9. The molecule has 0 radical (unpaired) electrons. The number of ether oxygens (including phenoxy) is 2. The van der Waals surface area contributed by atoms with Crippen LogP contribution in [0.25, 0.3) is 22.7 Å². The molecule has 10 heteroatoms. The van der Waals surface area contributed by atoms with Gasteiger partial charge in [-0.2, -0.15) is 0 Å². The maximum Gasteiger partial charge on any atom is 0.338 e. The minimum Gasteiger partial charge on any atom is -0.497 e.